The number of ether oxygens (including phenoxy) is 1. The Hall–Kier alpha value is -1.00. The van der Waals surface area contributed by atoms with Crippen molar-refractivity contribution in [1.82, 2.24) is 14.9 Å². The van der Waals surface area contributed by atoms with Crippen molar-refractivity contribution in [2.45, 2.75) is 31.8 Å². The molecule has 2 heterocycles. The summed E-state index contributed by atoms with van der Waals surface area (Å²) in [6.07, 6.45) is 5.37. The first-order valence-corrected chi connectivity index (χ1v) is 13.1. The molecule has 5 nitrogen and oxygen atoms in total. The summed E-state index contributed by atoms with van der Waals surface area (Å²) in [5.41, 5.74) is 0.841. The molecule has 1 aliphatic rings. The normalized spacial score (nSPS) is 14.4. The highest BCUT2D eigenvalue weighted by Crippen LogP contribution is 2.38. The van der Waals surface area contributed by atoms with Crippen molar-refractivity contribution < 1.29 is 9.53 Å². The highest BCUT2D eigenvalue weighted by molar-refractivity contribution is 9.11. The maximum absolute atomic E-state index is 13.4. The van der Waals surface area contributed by atoms with Gasteiger partial charge in [-0.1, -0.05) is 27.5 Å². The van der Waals surface area contributed by atoms with E-state index in [2.05, 4.69) is 57.8 Å². The molecule has 2 aromatic heterocycles. The number of amides is 1. The summed E-state index contributed by atoms with van der Waals surface area (Å²) in [5, 5.41) is 0.912. The van der Waals surface area contributed by atoms with Gasteiger partial charge in [-0.15, -0.1) is 11.3 Å². The molecule has 1 aromatic carbocycles. The number of thiazole rings is 1. The van der Waals surface area contributed by atoms with Gasteiger partial charge in [-0.2, -0.15) is 0 Å². The molecule has 0 spiro atoms. The van der Waals surface area contributed by atoms with Gasteiger partial charge in [0, 0.05) is 28.5 Å². The van der Waals surface area contributed by atoms with Crippen LogP contribution in [0.3, 0.4) is 0 Å². The number of hydrogen-bond donors (Lipinski definition) is 0. The summed E-state index contributed by atoms with van der Waals surface area (Å²) in [6.45, 7) is 2.35. The number of nitrogens with zero attached hydrogens (tertiary/aromatic N) is 3. The Morgan fingerprint density at radius 2 is 2.03 bits per heavy atom. The molecule has 1 atom stereocenters. The molecule has 0 saturated heterocycles. The Kier molecular flexibility index (Phi) is 7.37. The third-order valence-electron chi connectivity index (χ3n) is 4.77. The van der Waals surface area contributed by atoms with E-state index in [1.165, 1.54) is 11.3 Å². The van der Waals surface area contributed by atoms with Crippen LogP contribution in [0.4, 0.5) is 0 Å². The smallest absolute Gasteiger partial charge is 0.267 e. The zero-order chi connectivity index (χ0) is 22.1. The van der Waals surface area contributed by atoms with Crippen LogP contribution in [0.5, 0.6) is 5.75 Å². The van der Waals surface area contributed by atoms with Gasteiger partial charge in [-0.3, -0.25) is 9.78 Å². The lowest BCUT2D eigenvalue weighted by atomic mass is 10.2. The molecule has 0 N–H and O–H groups in total. The van der Waals surface area contributed by atoms with Gasteiger partial charge in [0.2, 0.25) is 0 Å². The van der Waals surface area contributed by atoms with Gasteiger partial charge < -0.3 is 9.64 Å². The van der Waals surface area contributed by atoms with Crippen molar-refractivity contribution in [1.29, 1.82) is 0 Å². The first-order valence-electron chi connectivity index (χ1n) is 9.52. The lowest BCUT2D eigenvalue weighted by Gasteiger charge is -2.29. The molecule has 3 aromatic rings. The van der Waals surface area contributed by atoms with Crippen molar-refractivity contribution in [2.24, 2.45) is 0 Å². The molecule has 1 aliphatic carbocycles. The second-order valence-corrected chi connectivity index (χ2v) is 11.2. The number of rotatable bonds is 7. The molecule has 162 valence electrons. The fraction of sp³-hybridized carbons (Fsp3) is 0.286. The summed E-state index contributed by atoms with van der Waals surface area (Å²) in [6, 6.07) is 7.64. The lowest BCUT2D eigenvalue weighted by molar-refractivity contribution is 0.0620. The van der Waals surface area contributed by atoms with Gasteiger partial charge in [0.05, 0.1) is 15.0 Å². The van der Waals surface area contributed by atoms with Gasteiger partial charge in [0.15, 0.2) is 5.15 Å². The van der Waals surface area contributed by atoms with Crippen LogP contribution in [0.2, 0.25) is 5.15 Å². The number of halogens is 4. The number of carbonyl (C=O) groups is 1. The predicted octanol–water partition coefficient (Wildman–Crippen LogP) is 7.22. The topological polar surface area (TPSA) is 55.3 Å². The molecule has 1 unspecified atom stereocenters. The summed E-state index contributed by atoms with van der Waals surface area (Å²) in [7, 11) is 0. The highest BCUT2D eigenvalue weighted by Gasteiger charge is 2.38. The zero-order valence-electron chi connectivity index (χ0n) is 16.3. The van der Waals surface area contributed by atoms with E-state index in [4.69, 9.17) is 16.3 Å². The first-order chi connectivity index (χ1) is 14.8. The molecule has 4 rings (SSSR count). The van der Waals surface area contributed by atoms with E-state index in [0.29, 0.717) is 22.2 Å². The van der Waals surface area contributed by atoms with Crippen molar-refractivity contribution in [3.05, 3.63) is 60.1 Å². The van der Waals surface area contributed by atoms with E-state index < -0.39 is 0 Å². The molecule has 0 aliphatic heterocycles. The molecular formula is C21H17Br3ClN3O2S. The standard InChI is InChI=1S/C21H17Br3ClN3O2S/c1-11(10-30-17-15(23)7-13(22)8-16(17)24)28(14-4-5-14)21(29)18-19(25)27-20(31-18)12-3-2-6-26-9-12/h2-3,6-9,11,14H,4-5,10H2,1H3. The van der Waals surface area contributed by atoms with E-state index in [-0.39, 0.29) is 23.1 Å². The van der Waals surface area contributed by atoms with Crippen LogP contribution in [-0.2, 0) is 0 Å². The molecule has 31 heavy (non-hydrogen) atoms. The Morgan fingerprint density at radius 1 is 1.32 bits per heavy atom. The highest BCUT2D eigenvalue weighted by atomic mass is 79.9. The fourth-order valence-electron chi connectivity index (χ4n) is 3.19. The average molecular weight is 651 g/mol. The maximum atomic E-state index is 13.4. The third-order valence-corrected chi connectivity index (χ3v) is 7.88. The minimum Gasteiger partial charge on any atom is -0.489 e. The average Bonchev–Trinajstić information content (AvgIpc) is 3.48. The van der Waals surface area contributed by atoms with Crippen LogP contribution >= 0.6 is 70.7 Å². The number of aromatic nitrogens is 2. The quantitative estimate of drug-likeness (QED) is 0.271. The van der Waals surface area contributed by atoms with E-state index in [9.17, 15) is 4.79 Å². The Labute approximate surface area is 214 Å². The number of benzene rings is 1. The van der Waals surface area contributed by atoms with Crippen LogP contribution < -0.4 is 4.74 Å². The Balaban J connectivity index is 1.53. The molecule has 0 bridgehead atoms. The van der Waals surface area contributed by atoms with E-state index >= 15 is 0 Å². The van der Waals surface area contributed by atoms with E-state index in [1.54, 1.807) is 12.4 Å². The number of hydrogen-bond acceptors (Lipinski definition) is 5. The molecule has 1 saturated carbocycles. The van der Waals surface area contributed by atoms with E-state index in [0.717, 1.165) is 31.8 Å². The monoisotopic (exact) mass is 647 g/mol. The lowest BCUT2D eigenvalue weighted by Crippen LogP contribution is -2.43. The van der Waals surface area contributed by atoms with Crippen molar-refractivity contribution in [3.8, 4) is 16.3 Å². The van der Waals surface area contributed by atoms with Crippen LogP contribution in [-0.4, -0.2) is 39.5 Å². The fourth-order valence-corrected chi connectivity index (χ4v) is 6.90. The zero-order valence-corrected chi connectivity index (χ0v) is 22.6. The van der Waals surface area contributed by atoms with Crippen LogP contribution in [0.25, 0.3) is 10.6 Å². The molecule has 10 heteroatoms. The van der Waals surface area contributed by atoms with Gasteiger partial charge in [0.1, 0.15) is 22.2 Å². The largest absolute Gasteiger partial charge is 0.489 e. The SMILES string of the molecule is CC(COc1c(Br)cc(Br)cc1Br)N(C(=O)c1sc(-c2cccnc2)nc1Cl)C1CC1. The predicted molar refractivity (Wildman–Crippen MR) is 134 cm³/mol. The first kappa shape index (κ1) is 23.2. The van der Waals surface area contributed by atoms with Gasteiger partial charge >= 0.3 is 0 Å². The molecule has 0 radical (unpaired) electrons. The summed E-state index contributed by atoms with van der Waals surface area (Å²) >= 11 is 18.2. The summed E-state index contributed by atoms with van der Waals surface area (Å²) < 4.78 is 8.67. The van der Waals surface area contributed by atoms with Crippen molar-refractivity contribution >= 4 is 76.6 Å². The van der Waals surface area contributed by atoms with Gasteiger partial charge in [0.25, 0.3) is 5.91 Å². The Morgan fingerprint density at radius 3 is 2.65 bits per heavy atom. The second kappa shape index (κ2) is 9.87. The number of carbonyl (C=O) groups excluding carboxylic acids is 1. The van der Waals surface area contributed by atoms with Crippen LogP contribution in [0.15, 0.2) is 50.1 Å². The van der Waals surface area contributed by atoms with Gasteiger partial charge in [-0.25, -0.2) is 4.98 Å². The summed E-state index contributed by atoms with van der Waals surface area (Å²) in [4.78, 5) is 24.3. The van der Waals surface area contributed by atoms with Gasteiger partial charge in [-0.05, 0) is 75.9 Å². The molecular weight excluding hydrogens is 633 g/mol. The molecule has 1 amide bonds. The van der Waals surface area contributed by atoms with Crippen LogP contribution in [0, 0.1) is 0 Å². The molecule has 1 fully saturated rings. The maximum Gasteiger partial charge on any atom is 0.267 e. The van der Waals surface area contributed by atoms with Crippen LogP contribution in [0.1, 0.15) is 29.4 Å². The van der Waals surface area contributed by atoms with Crippen molar-refractivity contribution in [3.63, 3.8) is 0 Å². The minimum absolute atomic E-state index is 0.106. The minimum atomic E-state index is -0.137. The third kappa shape index (κ3) is 5.33. The van der Waals surface area contributed by atoms with Crippen molar-refractivity contribution in [2.75, 3.05) is 6.61 Å². The Bertz CT molecular complexity index is 1090. The second-order valence-electron chi connectivity index (χ2n) is 7.18. The number of pyridine rings is 1. The van der Waals surface area contributed by atoms with E-state index in [1.807, 2.05) is 36.1 Å². The summed E-state index contributed by atoms with van der Waals surface area (Å²) in [5.74, 6) is 0.595.